The first-order valence-corrected chi connectivity index (χ1v) is 12.4. The van der Waals surface area contributed by atoms with E-state index in [9.17, 15) is 9.59 Å². The van der Waals surface area contributed by atoms with Gasteiger partial charge in [0.05, 0.1) is 0 Å². The van der Waals surface area contributed by atoms with Crippen LogP contribution in [0.3, 0.4) is 0 Å². The van der Waals surface area contributed by atoms with Crippen molar-refractivity contribution in [3.05, 3.63) is 75.6 Å². The van der Waals surface area contributed by atoms with Gasteiger partial charge in [-0.05, 0) is 44.0 Å². The summed E-state index contributed by atoms with van der Waals surface area (Å²) in [5.74, 6) is 1.27. The van der Waals surface area contributed by atoms with Gasteiger partial charge in [0.2, 0.25) is 4.96 Å². The maximum absolute atomic E-state index is 12.7. The summed E-state index contributed by atoms with van der Waals surface area (Å²) in [6, 6.07) is 15.4. The van der Waals surface area contributed by atoms with E-state index >= 15 is 0 Å². The average Bonchev–Trinajstić information content (AvgIpc) is 3.30. The van der Waals surface area contributed by atoms with Gasteiger partial charge < -0.3 is 14.5 Å². The fourth-order valence-electron chi connectivity index (χ4n) is 4.00. The van der Waals surface area contributed by atoms with Gasteiger partial charge in [-0.25, -0.2) is 4.98 Å². The summed E-state index contributed by atoms with van der Waals surface area (Å²) >= 11 is 1.39. The molecule has 1 saturated heterocycles. The van der Waals surface area contributed by atoms with E-state index in [2.05, 4.69) is 5.10 Å². The van der Waals surface area contributed by atoms with E-state index in [4.69, 9.17) is 9.72 Å². The Kier molecular flexibility index (Phi) is 6.25. The molecule has 2 aromatic carbocycles. The Morgan fingerprint density at radius 1 is 0.971 bits per heavy atom. The minimum absolute atomic E-state index is 0.0106. The van der Waals surface area contributed by atoms with Crippen LogP contribution in [0, 0.1) is 20.8 Å². The van der Waals surface area contributed by atoms with Crippen molar-refractivity contribution < 1.29 is 9.53 Å². The first-order valence-electron chi connectivity index (χ1n) is 11.6. The number of aromatic nitrogens is 3. The molecule has 0 spiro atoms. The second-order valence-corrected chi connectivity index (χ2v) is 9.78. The summed E-state index contributed by atoms with van der Waals surface area (Å²) in [6.07, 6.45) is 0. The molecule has 35 heavy (non-hydrogen) atoms. The maximum atomic E-state index is 12.7. The Balaban J connectivity index is 1.23. The van der Waals surface area contributed by atoms with Crippen LogP contribution < -0.4 is 15.2 Å². The van der Waals surface area contributed by atoms with E-state index in [1.807, 2.05) is 68.1 Å². The molecule has 0 N–H and O–H groups in total. The normalized spacial score (nSPS) is 13.9. The molecule has 3 heterocycles. The van der Waals surface area contributed by atoms with Gasteiger partial charge in [0.25, 0.3) is 11.5 Å². The van der Waals surface area contributed by atoms with Crippen LogP contribution in [0.15, 0.2) is 53.3 Å². The Hall–Kier alpha value is -3.72. The van der Waals surface area contributed by atoms with Gasteiger partial charge in [0.15, 0.2) is 6.61 Å². The van der Waals surface area contributed by atoms with Crippen molar-refractivity contribution in [3.63, 3.8) is 0 Å². The highest BCUT2D eigenvalue weighted by Crippen LogP contribution is 2.25. The van der Waals surface area contributed by atoms with Gasteiger partial charge >= 0.3 is 0 Å². The van der Waals surface area contributed by atoms with E-state index in [0.29, 0.717) is 42.7 Å². The van der Waals surface area contributed by atoms with Crippen molar-refractivity contribution in [2.45, 2.75) is 20.8 Å². The molecular formula is C26H27N5O3S. The number of piperazine rings is 1. The first-order chi connectivity index (χ1) is 16.9. The van der Waals surface area contributed by atoms with Crippen LogP contribution in [0.5, 0.6) is 5.75 Å². The number of fused-ring (bicyclic) bond motifs is 1. The van der Waals surface area contributed by atoms with Crippen LogP contribution in [-0.4, -0.2) is 58.2 Å². The second kappa shape index (κ2) is 9.50. The van der Waals surface area contributed by atoms with Gasteiger partial charge in [0.1, 0.15) is 16.6 Å². The molecule has 9 heteroatoms. The zero-order valence-electron chi connectivity index (χ0n) is 20.0. The zero-order valence-corrected chi connectivity index (χ0v) is 20.8. The molecule has 1 fully saturated rings. The van der Waals surface area contributed by atoms with Crippen molar-refractivity contribution >= 4 is 28.0 Å². The minimum Gasteiger partial charge on any atom is -0.484 e. The Bertz CT molecular complexity index is 1440. The summed E-state index contributed by atoms with van der Waals surface area (Å²) in [7, 11) is 0. The predicted octanol–water partition coefficient (Wildman–Crippen LogP) is 3.47. The largest absolute Gasteiger partial charge is 0.484 e. The molecule has 0 bridgehead atoms. The average molecular weight is 490 g/mol. The van der Waals surface area contributed by atoms with Gasteiger partial charge in [-0.2, -0.15) is 9.61 Å². The molecule has 0 atom stereocenters. The number of aryl methyl sites for hydroxylation is 3. The smallest absolute Gasteiger partial charge is 0.277 e. The van der Waals surface area contributed by atoms with Crippen molar-refractivity contribution in [1.29, 1.82) is 0 Å². The van der Waals surface area contributed by atoms with Crippen LogP contribution in [0.1, 0.15) is 16.7 Å². The highest BCUT2D eigenvalue weighted by molar-refractivity contribution is 7.19. The molecule has 1 aliphatic heterocycles. The van der Waals surface area contributed by atoms with E-state index in [1.165, 1.54) is 33.0 Å². The van der Waals surface area contributed by atoms with Gasteiger partial charge in [-0.15, -0.1) is 0 Å². The Morgan fingerprint density at radius 2 is 1.71 bits per heavy atom. The number of hydrogen-bond donors (Lipinski definition) is 0. The van der Waals surface area contributed by atoms with Crippen LogP contribution in [-0.2, 0) is 4.79 Å². The van der Waals surface area contributed by atoms with Crippen LogP contribution in [0.4, 0.5) is 5.82 Å². The molecule has 2 aromatic heterocycles. The predicted molar refractivity (Wildman–Crippen MR) is 138 cm³/mol. The third-order valence-electron chi connectivity index (χ3n) is 6.33. The number of amides is 1. The summed E-state index contributed by atoms with van der Waals surface area (Å²) in [5.41, 5.74) is 4.25. The number of nitrogens with zero attached hydrogens (tertiary/aromatic N) is 5. The molecule has 1 aliphatic rings. The summed E-state index contributed by atoms with van der Waals surface area (Å²) in [5, 5.41) is 5.22. The van der Waals surface area contributed by atoms with Crippen LogP contribution in [0.2, 0.25) is 0 Å². The molecule has 0 unspecified atom stereocenters. The fourth-order valence-corrected chi connectivity index (χ4v) is 4.90. The molecule has 1 amide bonds. The SMILES string of the molecule is Cc1ccc(-c2nn3c(=O)cc(N4CCN(C(=O)COc5ccc(C)c(C)c5)CC4)nc3s2)cc1. The highest BCUT2D eigenvalue weighted by Gasteiger charge is 2.23. The number of rotatable bonds is 5. The lowest BCUT2D eigenvalue weighted by atomic mass is 10.1. The van der Waals surface area contributed by atoms with Crippen LogP contribution in [0.25, 0.3) is 15.5 Å². The number of hydrogen-bond acceptors (Lipinski definition) is 7. The van der Waals surface area contributed by atoms with Gasteiger partial charge in [0, 0.05) is 37.8 Å². The summed E-state index contributed by atoms with van der Waals surface area (Å²) < 4.78 is 7.07. The lowest BCUT2D eigenvalue weighted by Crippen LogP contribution is -2.50. The molecule has 0 radical (unpaired) electrons. The van der Waals surface area contributed by atoms with E-state index in [1.54, 1.807) is 4.90 Å². The quantitative estimate of drug-likeness (QED) is 0.427. The molecule has 4 aromatic rings. The lowest BCUT2D eigenvalue weighted by molar-refractivity contribution is -0.133. The highest BCUT2D eigenvalue weighted by atomic mass is 32.1. The topological polar surface area (TPSA) is 80.0 Å². The molecule has 0 saturated carbocycles. The standard InChI is InChI=1S/C26H27N5O3S/c1-17-4-7-20(8-5-17)25-28-31-23(32)15-22(27-26(31)35-25)29-10-12-30(13-11-29)24(33)16-34-21-9-6-18(2)19(3)14-21/h4-9,14-15H,10-13,16H2,1-3H3. The van der Waals surface area contributed by atoms with E-state index in [-0.39, 0.29) is 18.1 Å². The Labute approximate surface area is 207 Å². The molecule has 5 rings (SSSR count). The number of carbonyl (C=O) groups is 1. The summed E-state index contributed by atoms with van der Waals surface area (Å²) in [4.78, 5) is 34.5. The number of anilines is 1. The van der Waals surface area contributed by atoms with Crippen molar-refractivity contribution in [2.75, 3.05) is 37.7 Å². The molecular weight excluding hydrogens is 462 g/mol. The van der Waals surface area contributed by atoms with Crippen LogP contribution >= 0.6 is 11.3 Å². The summed E-state index contributed by atoms with van der Waals surface area (Å²) in [6.45, 7) is 8.41. The second-order valence-electron chi connectivity index (χ2n) is 8.82. The third-order valence-corrected chi connectivity index (χ3v) is 7.28. The third kappa shape index (κ3) is 4.90. The van der Waals surface area contributed by atoms with E-state index < -0.39 is 0 Å². The first kappa shape index (κ1) is 23.0. The lowest BCUT2D eigenvalue weighted by Gasteiger charge is -2.35. The van der Waals surface area contributed by atoms with Crippen molar-refractivity contribution in [3.8, 4) is 16.3 Å². The van der Waals surface area contributed by atoms with E-state index in [0.717, 1.165) is 16.1 Å². The van der Waals surface area contributed by atoms with Gasteiger partial charge in [-0.3, -0.25) is 9.59 Å². The minimum atomic E-state index is -0.208. The number of ether oxygens (including phenoxy) is 1. The number of benzene rings is 2. The van der Waals surface area contributed by atoms with Crippen molar-refractivity contribution in [2.24, 2.45) is 0 Å². The fraction of sp³-hybridized carbons (Fsp3) is 0.308. The monoisotopic (exact) mass is 489 g/mol. The van der Waals surface area contributed by atoms with Crippen molar-refractivity contribution in [1.82, 2.24) is 19.5 Å². The molecule has 180 valence electrons. The number of carbonyl (C=O) groups excluding carboxylic acids is 1. The molecule has 0 aliphatic carbocycles. The zero-order chi connectivity index (χ0) is 24.5. The molecule has 8 nitrogen and oxygen atoms in total. The Morgan fingerprint density at radius 3 is 2.43 bits per heavy atom. The van der Waals surface area contributed by atoms with Gasteiger partial charge in [-0.1, -0.05) is 47.2 Å². The maximum Gasteiger partial charge on any atom is 0.277 e.